The maximum Gasteiger partial charge on any atom is 0.329 e. The summed E-state index contributed by atoms with van der Waals surface area (Å²) in [5.74, 6) is -1.19. The van der Waals surface area contributed by atoms with Crippen molar-refractivity contribution in [2.75, 3.05) is 11.9 Å². The molecule has 0 radical (unpaired) electrons. The number of hydrazone groups is 1. The minimum Gasteiger partial charge on any atom is -0.492 e. The van der Waals surface area contributed by atoms with E-state index in [1.54, 1.807) is 24.3 Å². The molecule has 0 fully saturated rings. The van der Waals surface area contributed by atoms with Crippen molar-refractivity contribution in [3.05, 3.63) is 58.6 Å². The van der Waals surface area contributed by atoms with Crippen LogP contribution in [0.2, 0.25) is 0 Å². The number of nitrogens with one attached hydrogen (secondary N) is 2. The second-order valence-electron chi connectivity index (χ2n) is 4.63. The number of anilines is 1. The van der Waals surface area contributed by atoms with Crippen LogP contribution in [0.5, 0.6) is 5.75 Å². The molecule has 2 aromatic carbocycles. The van der Waals surface area contributed by atoms with E-state index in [0.717, 1.165) is 10.0 Å². The number of carbonyl (C=O) groups excluding carboxylic acids is 2. The molecular formula is C17H16BrN3O3. The van der Waals surface area contributed by atoms with Gasteiger partial charge in [-0.1, -0.05) is 40.2 Å². The Morgan fingerprint density at radius 2 is 1.83 bits per heavy atom. The van der Waals surface area contributed by atoms with E-state index in [0.29, 0.717) is 18.0 Å². The molecule has 0 unspecified atom stereocenters. The topological polar surface area (TPSA) is 79.8 Å². The summed E-state index contributed by atoms with van der Waals surface area (Å²) in [7, 11) is 0. The second kappa shape index (κ2) is 8.83. The lowest BCUT2D eigenvalue weighted by Crippen LogP contribution is -2.32. The Balaban J connectivity index is 1.93. The number of nitrogens with zero attached hydrogens (tertiary/aromatic N) is 1. The van der Waals surface area contributed by atoms with Gasteiger partial charge in [0.25, 0.3) is 0 Å². The van der Waals surface area contributed by atoms with E-state index >= 15 is 0 Å². The number of benzene rings is 2. The van der Waals surface area contributed by atoms with E-state index in [1.807, 2.05) is 31.2 Å². The van der Waals surface area contributed by atoms with E-state index < -0.39 is 11.8 Å². The summed E-state index contributed by atoms with van der Waals surface area (Å²) in [6.07, 6.45) is 1.45. The Bertz CT molecular complexity index is 745. The number of carbonyl (C=O) groups is 2. The van der Waals surface area contributed by atoms with Crippen LogP contribution in [0.3, 0.4) is 0 Å². The Morgan fingerprint density at radius 1 is 1.12 bits per heavy atom. The lowest BCUT2D eigenvalue weighted by atomic mass is 10.2. The van der Waals surface area contributed by atoms with Gasteiger partial charge in [-0.2, -0.15) is 5.10 Å². The van der Waals surface area contributed by atoms with Gasteiger partial charge < -0.3 is 10.1 Å². The number of halogens is 1. The molecule has 0 heterocycles. The van der Waals surface area contributed by atoms with Crippen LogP contribution in [-0.4, -0.2) is 24.6 Å². The summed E-state index contributed by atoms with van der Waals surface area (Å²) in [4.78, 5) is 23.7. The number of amides is 2. The largest absolute Gasteiger partial charge is 0.492 e. The zero-order chi connectivity index (χ0) is 17.4. The number of hydrogen-bond donors (Lipinski definition) is 2. The van der Waals surface area contributed by atoms with Gasteiger partial charge in [0.2, 0.25) is 0 Å². The van der Waals surface area contributed by atoms with Crippen LogP contribution in [0.4, 0.5) is 5.69 Å². The molecule has 7 heteroatoms. The molecular weight excluding hydrogens is 374 g/mol. The average Bonchev–Trinajstić information content (AvgIpc) is 2.58. The lowest BCUT2D eigenvalue weighted by molar-refractivity contribution is -0.136. The highest BCUT2D eigenvalue weighted by Gasteiger charge is 2.14. The van der Waals surface area contributed by atoms with Gasteiger partial charge in [0.1, 0.15) is 5.75 Å². The van der Waals surface area contributed by atoms with Gasteiger partial charge in [-0.25, -0.2) is 5.43 Å². The lowest BCUT2D eigenvalue weighted by Gasteiger charge is -2.10. The molecule has 124 valence electrons. The third-order valence-corrected chi connectivity index (χ3v) is 3.42. The maximum absolute atomic E-state index is 11.9. The van der Waals surface area contributed by atoms with Crippen molar-refractivity contribution in [1.82, 2.24) is 5.43 Å². The first-order valence-electron chi connectivity index (χ1n) is 7.22. The van der Waals surface area contributed by atoms with Gasteiger partial charge in [0.15, 0.2) is 0 Å². The first-order valence-corrected chi connectivity index (χ1v) is 8.01. The van der Waals surface area contributed by atoms with Crippen molar-refractivity contribution >= 4 is 39.6 Å². The summed E-state index contributed by atoms with van der Waals surface area (Å²) < 4.78 is 6.33. The molecule has 2 amide bonds. The molecule has 2 N–H and O–H groups in total. The number of para-hydroxylation sites is 2. The molecule has 2 rings (SSSR count). The average molecular weight is 390 g/mol. The summed E-state index contributed by atoms with van der Waals surface area (Å²) in [5.41, 5.74) is 3.40. The first kappa shape index (κ1) is 17.7. The van der Waals surface area contributed by atoms with Crippen LogP contribution in [-0.2, 0) is 9.59 Å². The fourth-order valence-electron chi connectivity index (χ4n) is 1.80. The van der Waals surface area contributed by atoms with Crippen LogP contribution in [0, 0.1) is 0 Å². The molecule has 0 atom stereocenters. The summed E-state index contributed by atoms with van der Waals surface area (Å²) in [6.45, 7) is 2.29. The van der Waals surface area contributed by atoms with Crippen molar-refractivity contribution in [3.8, 4) is 5.75 Å². The highest BCUT2D eigenvalue weighted by atomic mass is 79.9. The number of ether oxygens (including phenoxy) is 1. The Labute approximate surface area is 148 Å². The predicted octanol–water partition coefficient (Wildman–Crippen LogP) is 2.94. The zero-order valence-electron chi connectivity index (χ0n) is 13.0. The van der Waals surface area contributed by atoms with Crippen LogP contribution in [0.1, 0.15) is 12.5 Å². The quantitative estimate of drug-likeness (QED) is 0.468. The Hall–Kier alpha value is -2.67. The molecule has 0 saturated heterocycles. The first-order chi connectivity index (χ1) is 11.6. The van der Waals surface area contributed by atoms with Crippen molar-refractivity contribution in [2.24, 2.45) is 5.10 Å². The van der Waals surface area contributed by atoms with Crippen molar-refractivity contribution in [3.63, 3.8) is 0 Å². The fraction of sp³-hybridized carbons (Fsp3) is 0.118. The molecule has 0 aliphatic rings. The number of rotatable bonds is 5. The van der Waals surface area contributed by atoms with Gasteiger partial charge >= 0.3 is 11.8 Å². The maximum atomic E-state index is 11.9. The SMILES string of the molecule is CCOc1ccccc1NC(=O)C(=O)NN=Cc1ccc(Br)cc1. The third-order valence-electron chi connectivity index (χ3n) is 2.89. The van der Waals surface area contributed by atoms with Crippen LogP contribution >= 0.6 is 15.9 Å². The minimum atomic E-state index is -0.866. The molecule has 0 aliphatic carbocycles. The van der Waals surface area contributed by atoms with Crippen molar-refractivity contribution in [2.45, 2.75) is 6.92 Å². The molecule has 6 nitrogen and oxygen atoms in total. The van der Waals surface area contributed by atoms with E-state index in [9.17, 15) is 9.59 Å². The summed E-state index contributed by atoms with van der Waals surface area (Å²) in [6, 6.07) is 14.2. The Morgan fingerprint density at radius 3 is 2.54 bits per heavy atom. The molecule has 0 saturated carbocycles. The standard InChI is InChI=1S/C17H16BrN3O3/c1-2-24-15-6-4-3-5-14(15)20-16(22)17(23)21-19-11-12-7-9-13(18)10-8-12/h3-11H,2H2,1H3,(H,20,22)(H,21,23). The highest BCUT2D eigenvalue weighted by Crippen LogP contribution is 2.23. The van der Waals surface area contributed by atoms with E-state index in [1.165, 1.54) is 6.21 Å². The summed E-state index contributed by atoms with van der Waals surface area (Å²) in [5, 5.41) is 6.26. The van der Waals surface area contributed by atoms with Gasteiger partial charge in [-0.05, 0) is 36.8 Å². The van der Waals surface area contributed by atoms with E-state index in [-0.39, 0.29) is 0 Å². The van der Waals surface area contributed by atoms with Gasteiger partial charge in [0, 0.05) is 4.47 Å². The molecule has 0 aromatic heterocycles. The predicted molar refractivity (Wildman–Crippen MR) is 96.1 cm³/mol. The highest BCUT2D eigenvalue weighted by molar-refractivity contribution is 9.10. The summed E-state index contributed by atoms with van der Waals surface area (Å²) >= 11 is 3.33. The zero-order valence-corrected chi connectivity index (χ0v) is 14.5. The molecule has 0 bridgehead atoms. The molecule has 0 aliphatic heterocycles. The van der Waals surface area contributed by atoms with Crippen LogP contribution in [0.15, 0.2) is 58.1 Å². The number of hydrogen-bond acceptors (Lipinski definition) is 4. The third kappa shape index (κ3) is 5.20. The van der Waals surface area contributed by atoms with Crippen LogP contribution < -0.4 is 15.5 Å². The molecule has 24 heavy (non-hydrogen) atoms. The van der Waals surface area contributed by atoms with Gasteiger partial charge in [-0.15, -0.1) is 0 Å². The van der Waals surface area contributed by atoms with Crippen LogP contribution in [0.25, 0.3) is 0 Å². The van der Waals surface area contributed by atoms with Gasteiger partial charge in [0.05, 0.1) is 18.5 Å². The van der Waals surface area contributed by atoms with Crippen molar-refractivity contribution in [1.29, 1.82) is 0 Å². The molecule has 2 aromatic rings. The smallest absolute Gasteiger partial charge is 0.329 e. The Kier molecular flexibility index (Phi) is 6.51. The van der Waals surface area contributed by atoms with E-state index in [2.05, 4.69) is 31.8 Å². The second-order valence-corrected chi connectivity index (χ2v) is 5.55. The molecule has 0 spiro atoms. The minimum absolute atomic E-state index is 0.427. The monoisotopic (exact) mass is 389 g/mol. The fourth-order valence-corrected chi connectivity index (χ4v) is 2.06. The van der Waals surface area contributed by atoms with Gasteiger partial charge in [-0.3, -0.25) is 9.59 Å². The van der Waals surface area contributed by atoms with E-state index in [4.69, 9.17) is 4.74 Å². The van der Waals surface area contributed by atoms with Crippen molar-refractivity contribution < 1.29 is 14.3 Å². The normalized spacial score (nSPS) is 10.4.